The van der Waals surface area contributed by atoms with Crippen LogP contribution in [0.1, 0.15) is 43.7 Å². The van der Waals surface area contributed by atoms with Gasteiger partial charge in [0.05, 0.1) is 12.2 Å². The Morgan fingerprint density at radius 2 is 2.12 bits per heavy atom. The summed E-state index contributed by atoms with van der Waals surface area (Å²) in [6.45, 7) is 12.3. The summed E-state index contributed by atoms with van der Waals surface area (Å²) in [6.07, 6.45) is 12.1. The van der Waals surface area contributed by atoms with Crippen LogP contribution < -0.4 is 5.32 Å². The fourth-order valence-electron chi connectivity index (χ4n) is 3.06. The largest absolute Gasteiger partial charge is 0.375 e. The number of hydrogen-bond acceptors (Lipinski definition) is 4. The molecule has 0 unspecified atom stereocenters. The Balaban J connectivity index is 2.02. The number of rotatable bonds is 7. The number of pyridine rings is 1. The molecule has 0 aliphatic heterocycles. The molecule has 25 heavy (non-hydrogen) atoms. The molecule has 132 valence electrons. The molecule has 0 radical (unpaired) electrons. The number of nitrogens with zero attached hydrogens (tertiary/aromatic N) is 3. The van der Waals surface area contributed by atoms with E-state index in [9.17, 15) is 0 Å². The van der Waals surface area contributed by atoms with Crippen LogP contribution in [0.25, 0.3) is 0 Å². The van der Waals surface area contributed by atoms with E-state index in [-0.39, 0.29) is 0 Å². The van der Waals surface area contributed by atoms with Crippen molar-refractivity contribution >= 4 is 12.9 Å². The standard InChI is InChI=1S/C21H28N4/c1-5-21(25-20-8-6-16(2)7-9-20)19(14-22-4)15-24-13-18-10-17(3)11-23-12-18/h10-12,14-16,20,25H,1,4,6-9,13H2,2-3H3/b19-14+,24-15-. The van der Waals surface area contributed by atoms with Crippen LogP contribution in [0, 0.1) is 12.8 Å². The van der Waals surface area contributed by atoms with Crippen molar-refractivity contribution in [2.75, 3.05) is 0 Å². The molecule has 0 spiro atoms. The summed E-state index contributed by atoms with van der Waals surface area (Å²) in [4.78, 5) is 12.6. The summed E-state index contributed by atoms with van der Waals surface area (Å²) in [7, 11) is 0. The van der Waals surface area contributed by atoms with E-state index in [0.29, 0.717) is 12.6 Å². The number of aryl methyl sites for hydroxylation is 1. The average molecular weight is 336 g/mol. The Morgan fingerprint density at radius 1 is 1.36 bits per heavy atom. The first-order chi connectivity index (χ1) is 12.1. The summed E-state index contributed by atoms with van der Waals surface area (Å²) in [5, 5.41) is 3.55. The van der Waals surface area contributed by atoms with E-state index in [1.54, 1.807) is 6.20 Å². The van der Waals surface area contributed by atoms with Crippen LogP contribution in [0.3, 0.4) is 0 Å². The molecule has 0 bridgehead atoms. The van der Waals surface area contributed by atoms with Crippen molar-refractivity contribution in [3.05, 3.63) is 59.4 Å². The number of allylic oxidation sites excluding steroid dienone is 1. The number of hydrogen-bond donors (Lipinski definition) is 1. The van der Waals surface area contributed by atoms with Gasteiger partial charge in [0.1, 0.15) is 0 Å². The molecular formula is C21H28N4. The maximum Gasteiger partial charge on any atom is 0.0874 e. The second kappa shape index (κ2) is 9.75. The molecule has 1 aliphatic carbocycles. The van der Waals surface area contributed by atoms with E-state index in [0.717, 1.165) is 28.3 Å². The predicted octanol–water partition coefficient (Wildman–Crippen LogP) is 4.38. The van der Waals surface area contributed by atoms with Crippen LogP contribution in [0.5, 0.6) is 0 Å². The SMILES string of the molecule is C=C=C(NC1CCC(C)CC1)C(/C=N\Cc1cncc(C)c1)=C/N=C. The van der Waals surface area contributed by atoms with Gasteiger partial charge in [0.2, 0.25) is 0 Å². The molecular weight excluding hydrogens is 308 g/mol. The van der Waals surface area contributed by atoms with Crippen molar-refractivity contribution in [3.8, 4) is 0 Å². The van der Waals surface area contributed by atoms with Crippen LogP contribution in [0.2, 0.25) is 0 Å². The van der Waals surface area contributed by atoms with Crippen molar-refractivity contribution in [2.24, 2.45) is 15.9 Å². The minimum absolute atomic E-state index is 0.461. The zero-order chi connectivity index (χ0) is 18.1. The molecule has 4 heteroatoms. The lowest BCUT2D eigenvalue weighted by Gasteiger charge is -2.28. The third-order valence-electron chi connectivity index (χ3n) is 4.50. The van der Waals surface area contributed by atoms with E-state index in [1.165, 1.54) is 25.7 Å². The van der Waals surface area contributed by atoms with Crippen LogP contribution in [0.15, 0.2) is 58.2 Å². The molecule has 2 rings (SSSR count). The lowest BCUT2D eigenvalue weighted by Crippen LogP contribution is -2.32. The zero-order valence-corrected chi connectivity index (χ0v) is 15.3. The molecule has 0 aromatic carbocycles. The Morgan fingerprint density at radius 3 is 2.76 bits per heavy atom. The molecule has 1 N–H and O–H groups in total. The van der Waals surface area contributed by atoms with Gasteiger partial charge in [0, 0.05) is 36.4 Å². The third-order valence-corrected chi connectivity index (χ3v) is 4.50. The fraction of sp³-hybridized carbons (Fsp3) is 0.429. The Bertz CT molecular complexity index is 688. The van der Waals surface area contributed by atoms with Gasteiger partial charge in [0.15, 0.2) is 0 Å². The molecule has 1 fully saturated rings. The van der Waals surface area contributed by atoms with Crippen molar-refractivity contribution < 1.29 is 0 Å². The topological polar surface area (TPSA) is 49.6 Å². The quantitative estimate of drug-likeness (QED) is 0.456. The highest BCUT2D eigenvalue weighted by Crippen LogP contribution is 2.24. The lowest BCUT2D eigenvalue weighted by atomic mass is 9.87. The smallest absolute Gasteiger partial charge is 0.0874 e. The highest BCUT2D eigenvalue weighted by Gasteiger charge is 2.19. The molecule has 1 heterocycles. The molecule has 0 saturated heterocycles. The van der Waals surface area contributed by atoms with Gasteiger partial charge < -0.3 is 5.32 Å². The van der Waals surface area contributed by atoms with Crippen molar-refractivity contribution in [2.45, 2.75) is 52.1 Å². The van der Waals surface area contributed by atoms with Crippen molar-refractivity contribution in [1.82, 2.24) is 10.3 Å². The van der Waals surface area contributed by atoms with Gasteiger partial charge in [-0.1, -0.05) is 19.6 Å². The van der Waals surface area contributed by atoms with Gasteiger partial charge in [0.25, 0.3) is 0 Å². The lowest BCUT2D eigenvalue weighted by molar-refractivity contribution is 0.322. The van der Waals surface area contributed by atoms with Gasteiger partial charge in [-0.3, -0.25) is 15.0 Å². The molecule has 1 saturated carbocycles. The normalized spacial score (nSPS) is 21.0. The van der Waals surface area contributed by atoms with Gasteiger partial charge in [-0.05, 0) is 56.4 Å². The maximum absolute atomic E-state index is 4.53. The Kier molecular flexibility index (Phi) is 7.36. The van der Waals surface area contributed by atoms with E-state index in [2.05, 4.69) is 52.3 Å². The molecule has 1 aliphatic rings. The average Bonchev–Trinajstić information content (AvgIpc) is 2.61. The highest BCUT2D eigenvalue weighted by atomic mass is 14.9. The minimum Gasteiger partial charge on any atom is -0.375 e. The summed E-state index contributed by atoms with van der Waals surface area (Å²) in [6, 6.07) is 2.55. The monoisotopic (exact) mass is 336 g/mol. The zero-order valence-electron chi connectivity index (χ0n) is 15.3. The molecule has 1 aromatic rings. The van der Waals surface area contributed by atoms with Crippen molar-refractivity contribution in [1.29, 1.82) is 0 Å². The summed E-state index contributed by atoms with van der Waals surface area (Å²) in [5.41, 5.74) is 6.91. The van der Waals surface area contributed by atoms with E-state index in [4.69, 9.17) is 0 Å². The van der Waals surface area contributed by atoms with Gasteiger partial charge in [-0.15, -0.1) is 5.73 Å². The second-order valence-corrected chi connectivity index (χ2v) is 6.76. The number of aliphatic imine (C=N–C) groups is 2. The maximum atomic E-state index is 4.53. The first-order valence-corrected chi connectivity index (χ1v) is 8.85. The Hall–Kier alpha value is -2.45. The van der Waals surface area contributed by atoms with Gasteiger partial charge in [-0.25, -0.2) is 0 Å². The van der Waals surface area contributed by atoms with Gasteiger partial charge in [-0.2, -0.15) is 0 Å². The first-order valence-electron chi connectivity index (χ1n) is 8.85. The first kappa shape index (κ1) is 18.9. The summed E-state index contributed by atoms with van der Waals surface area (Å²) < 4.78 is 0. The van der Waals surface area contributed by atoms with Crippen molar-refractivity contribution in [3.63, 3.8) is 0 Å². The molecule has 0 atom stereocenters. The minimum atomic E-state index is 0.461. The van der Waals surface area contributed by atoms with Crippen LogP contribution in [0.4, 0.5) is 0 Å². The van der Waals surface area contributed by atoms with Crippen LogP contribution >= 0.6 is 0 Å². The highest BCUT2D eigenvalue weighted by molar-refractivity contribution is 5.84. The molecule has 1 aromatic heterocycles. The van der Waals surface area contributed by atoms with Crippen LogP contribution in [-0.2, 0) is 6.54 Å². The predicted molar refractivity (Wildman–Crippen MR) is 106 cm³/mol. The second-order valence-electron chi connectivity index (χ2n) is 6.76. The Labute approximate surface area is 151 Å². The number of aromatic nitrogens is 1. The number of nitrogens with one attached hydrogen (secondary N) is 1. The van der Waals surface area contributed by atoms with E-state index in [1.807, 2.05) is 25.5 Å². The van der Waals surface area contributed by atoms with E-state index >= 15 is 0 Å². The summed E-state index contributed by atoms with van der Waals surface area (Å²) in [5.74, 6) is 0.823. The molecule has 0 amide bonds. The van der Waals surface area contributed by atoms with Crippen LogP contribution in [-0.4, -0.2) is 24.0 Å². The van der Waals surface area contributed by atoms with E-state index < -0.39 is 0 Å². The summed E-state index contributed by atoms with van der Waals surface area (Å²) >= 11 is 0. The fourth-order valence-corrected chi connectivity index (χ4v) is 3.06. The third kappa shape index (κ3) is 6.17. The van der Waals surface area contributed by atoms with Gasteiger partial charge >= 0.3 is 0 Å². The molecule has 4 nitrogen and oxygen atoms in total.